The van der Waals surface area contributed by atoms with Crippen LogP contribution in [0.25, 0.3) is 0 Å². The molecule has 0 saturated carbocycles. The van der Waals surface area contributed by atoms with Crippen molar-refractivity contribution in [3.05, 3.63) is 34.9 Å². The highest BCUT2D eigenvalue weighted by atomic mass is 16.5. The van der Waals surface area contributed by atoms with Gasteiger partial charge in [-0.25, -0.2) is 15.2 Å². The Bertz CT molecular complexity index is 1400. The first-order valence-electron chi connectivity index (χ1n) is 17.7. The molecule has 0 bridgehead atoms. The van der Waals surface area contributed by atoms with E-state index in [4.69, 9.17) is 14.9 Å². The van der Waals surface area contributed by atoms with Crippen molar-refractivity contribution >= 4 is 41.4 Å². The van der Waals surface area contributed by atoms with Crippen LogP contribution in [-0.4, -0.2) is 140 Å². The summed E-state index contributed by atoms with van der Waals surface area (Å²) in [6.45, 7) is 5.31. The molecule has 304 valence electrons. The van der Waals surface area contributed by atoms with Gasteiger partial charge in [0, 0.05) is 63.9 Å². The van der Waals surface area contributed by atoms with Crippen LogP contribution >= 0.6 is 0 Å². The molecule has 0 aromatic rings. The number of nitrogens with zero attached hydrogens (tertiary/aromatic N) is 3. The van der Waals surface area contributed by atoms with Crippen LogP contribution in [0.5, 0.6) is 0 Å². The van der Waals surface area contributed by atoms with Crippen molar-refractivity contribution in [3.8, 4) is 0 Å². The summed E-state index contributed by atoms with van der Waals surface area (Å²) in [5.74, 6) is -4.11. The summed E-state index contributed by atoms with van der Waals surface area (Å²) < 4.78 is 5.22. The molecule has 0 radical (unpaired) electrons. The molecule has 8 N–H and O–H groups in total. The fourth-order valence-corrected chi connectivity index (χ4v) is 5.11. The monoisotopic (exact) mass is 768 g/mol. The van der Waals surface area contributed by atoms with Gasteiger partial charge in [0.1, 0.15) is 12.1 Å². The number of rotatable bonds is 24. The largest absolute Gasteiger partial charge is 0.465 e. The van der Waals surface area contributed by atoms with Gasteiger partial charge >= 0.3 is 5.97 Å². The predicted molar refractivity (Wildman–Crippen MR) is 190 cm³/mol. The lowest BCUT2D eigenvalue weighted by Gasteiger charge is -2.30. The summed E-state index contributed by atoms with van der Waals surface area (Å²) >= 11 is 0. The number of hydroxylamine groups is 6. The maximum atomic E-state index is 12.6. The summed E-state index contributed by atoms with van der Waals surface area (Å²) in [5, 5.41) is 57.2. The molecule has 1 fully saturated rings. The zero-order valence-electron chi connectivity index (χ0n) is 31.4. The molecule has 54 heavy (non-hydrogen) atoms. The first-order chi connectivity index (χ1) is 25.5. The van der Waals surface area contributed by atoms with Gasteiger partial charge in [-0.05, 0) is 65.7 Å². The predicted octanol–water partition coefficient (Wildman–Crippen LogP) is 0.00530. The van der Waals surface area contributed by atoms with Crippen LogP contribution in [0.15, 0.2) is 34.9 Å². The first kappa shape index (κ1) is 47.3. The summed E-state index contributed by atoms with van der Waals surface area (Å²) in [7, 11) is 0. The average molecular weight is 769 g/mol. The lowest BCUT2D eigenvalue weighted by Crippen LogP contribution is -2.61. The Labute approximate surface area is 314 Å². The number of carbonyl (C=O) groups excluding carboxylic acids is 7. The van der Waals surface area contributed by atoms with E-state index in [2.05, 4.69) is 16.0 Å². The van der Waals surface area contributed by atoms with Crippen LogP contribution in [0.3, 0.4) is 0 Å². The van der Waals surface area contributed by atoms with E-state index >= 15 is 0 Å². The Kier molecular flexibility index (Phi) is 22.2. The molecule has 0 aromatic carbocycles. The molecule has 1 aliphatic heterocycles. The number of hydrogen-bond donors (Lipinski definition) is 8. The Morgan fingerprint density at radius 3 is 1.52 bits per heavy atom. The van der Waals surface area contributed by atoms with Gasteiger partial charge in [0.25, 0.3) is 17.7 Å². The smallest absolute Gasteiger partial charge is 0.307 e. The third kappa shape index (κ3) is 19.4. The van der Waals surface area contributed by atoms with Crippen molar-refractivity contribution in [2.24, 2.45) is 0 Å². The minimum atomic E-state index is -0.890. The fourth-order valence-electron chi connectivity index (χ4n) is 5.11. The number of hydrogen-bond acceptors (Lipinski definition) is 13. The lowest BCUT2D eigenvalue weighted by molar-refractivity contribution is -0.160. The zero-order valence-corrected chi connectivity index (χ0v) is 31.4. The van der Waals surface area contributed by atoms with Crippen LogP contribution in [0.2, 0.25) is 0 Å². The number of nitrogens with one attached hydrogen (secondary N) is 3. The highest BCUT2D eigenvalue weighted by Crippen LogP contribution is 2.11. The van der Waals surface area contributed by atoms with Crippen molar-refractivity contribution in [2.75, 3.05) is 39.5 Å². The molecule has 1 rings (SSSR count). The topological polar surface area (TPSA) is 276 Å². The molecule has 1 saturated heterocycles. The lowest BCUT2D eigenvalue weighted by atomic mass is 10.0. The van der Waals surface area contributed by atoms with E-state index in [1.165, 1.54) is 19.1 Å². The molecular formula is C35H56N6O13. The summed E-state index contributed by atoms with van der Waals surface area (Å²) in [4.78, 5) is 85.7. The molecule has 1 aliphatic rings. The number of aliphatic hydroxyl groups is 2. The van der Waals surface area contributed by atoms with Crippen LogP contribution in [0.1, 0.15) is 85.5 Å². The number of carbonyl (C=O) groups is 7. The van der Waals surface area contributed by atoms with E-state index in [1.54, 1.807) is 20.8 Å². The van der Waals surface area contributed by atoms with E-state index in [-0.39, 0.29) is 90.8 Å². The van der Waals surface area contributed by atoms with E-state index in [1.807, 2.05) is 0 Å². The highest BCUT2D eigenvalue weighted by molar-refractivity contribution is 5.97. The second kappa shape index (κ2) is 25.4. The number of piperazine rings is 1. The SMILES string of the molecule is CC(=O)NC(CCN(O)C(=O)/C=C(\C)CCO)CC(=O)OCC/C(C)=C/C(=O)N(O)CCCC1NC(=O)C(CCCN(O)C(=O)/C=C(/C)CCO)NC1=O. The summed E-state index contributed by atoms with van der Waals surface area (Å²) in [6, 6.07) is -2.50. The van der Waals surface area contributed by atoms with Gasteiger partial charge in [-0.2, -0.15) is 0 Å². The van der Waals surface area contributed by atoms with E-state index in [9.17, 15) is 49.2 Å². The van der Waals surface area contributed by atoms with E-state index < -0.39 is 59.5 Å². The first-order valence-corrected chi connectivity index (χ1v) is 17.7. The van der Waals surface area contributed by atoms with E-state index in [0.29, 0.717) is 38.3 Å². The summed E-state index contributed by atoms with van der Waals surface area (Å²) in [6.07, 6.45) is 4.71. The molecule has 19 nitrogen and oxygen atoms in total. The van der Waals surface area contributed by atoms with Gasteiger partial charge in [-0.3, -0.25) is 49.2 Å². The molecule has 0 spiro atoms. The Hall–Kier alpha value is -4.69. The zero-order chi connectivity index (χ0) is 40.8. The van der Waals surface area contributed by atoms with Gasteiger partial charge in [-0.15, -0.1) is 0 Å². The van der Waals surface area contributed by atoms with Gasteiger partial charge in [-0.1, -0.05) is 16.7 Å². The van der Waals surface area contributed by atoms with Crippen LogP contribution in [0, 0.1) is 0 Å². The van der Waals surface area contributed by atoms with Crippen LogP contribution in [-0.2, 0) is 38.3 Å². The Morgan fingerprint density at radius 1 is 0.704 bits per heavy atom. The molecule has 1 heterocycles. The summed E-state index contributed by atoms with van der Waals surface area (Å²) in [5.41, 5.74) is 1.64. The standard InChI is InChI=1S/C35H56N6O13/c1-23(10-16-42)19-30(45)39(51)13-5-7-28-34(49)38-29(35(50)37-28)8-6-14-40(52)31(46)21-25(3)12-18-54-33(48)22-27(36-26(4)44)9-15-41(53)32(47)20-24(2)11-17-43/h19-21,27-29,42-43,51-53H,5-18,22H2,1-4H3,(H,36,44)(H,37,50)(H,38,49)/b23-19-,24-20+,25-21+. The van der Waals surface area contributed by atoms with Gasteiger partial charge < -0.3 is 30.9 Å². The number of aliphatic hydroxyl groups excluding tert-OH is 2. The second-order valence-electron chi connectivity index (χ2n) is 13.1. The maximum absolute atomic E-state index is 12.6. The third-order valence-corrected chi connectivity index (χ3v) is 8.15. The normalized spacial score (nSPS) is 16.9. The molecule has 19 heteroatoms. The Balaban J connectivity index is 2.45. The van der Waals surface area contributed by atoms with Crippen molar-refractivity contribution in [1.29, 1.82) is 0 Å². The average Bonchev–Trinajstić information content (AvgIpc) is 3.08. The highest BCUT2D eigenvalue weighted by Gasteiger charge is 2.33. The minimum absolute atomic E-state index is 0.0443. The van der Waals surface area contributed by atoms with Crippen molar-refractivity contribution in [3.63, 3.8) is 0 Å². The number of ether oxygens (including phenoxy) is 1. The molecular weight excluding hydrogens is 712 g/mol. The van der Waals surface area contributed by atoms with Gasteiger partial charge in [0.05, 0.1) is 19.6 Å². The molecule has 6 amide bonds. The Morgan fingerprint density at radius 2 is 1.11 bits per heavy atom. The number of esters is 1. The molecule has 3 atom stereocenters. The molecule has 0 aliphatic carbocycles. The van der Waals surface area contributed by atoms with Crippen molar-refractivity contribution in [2.45, 2.75) is 104 Å². The van der Waals surface area contributed by atoms with Gasteiger partial charge in [0.2, 0.25) is 17.7 Å². The quantitative estimate of drug-likeness (QED) is 0.0279. The maximum Gasteiger partial charge on any atom is 0.307 e. The van der Waals surface area contributed by atoms with Crippen molar-refractivity contribution < 1.29 is 64.1 Å². The van der Waals surface area contributed by atoms with Crippen LogP contribution < -0.4 is 16.0 Å². The second-order valence-corrected chi connectivity index (χ2v) is 13.1. The van der Waals surface area contributed by atoms with Crippen molar-refractivity contribution in [1.82, 2.24) is 31.1 Å². The molecule has 3 unspecified atom stereocenters. The molecule has 0 aromatic heterocycles. The van der Waals surface area contributed by atoms with Crippen LogP contribution in [0.4, 0.5) is 0 Å². The number of amides is 6. The van der Waals surface area contributed by atoms with Gasteiger partial charge in [0.15, 0.2) is 0 Å². The minimum Gasteiger partial charge on any atom is -0.465 e. The third-order valence-electron chi connectivity index (χ3n) is 8.15. The fraction of sp³-hybridized carbons (Fsp3) is 0.629. The van der Waals surface area contributed by atoms with E-state index in [0.717, 1.165) is 6.08 Å².